The van der Waals surface area contributed by atoms with Crippen LogP contribution in [0, 0.1) is 17.6 Å². The van der Waals surface area contributed by atoms with Crippen LogP contribution in [-0.4, -0.2) is 27.6 Å². The molecule has 0 radical (unpaired) electrons. The highest BCUT2D eigenvalue weighted by Crippen LogP contribution is 2.38. The molecule has 0 amide bonds. The maximum atomic E-state index is 13.6. The van der Waals surface area contributed by atoms with Gasteiger partial charge in [-0.15, -0.1) is 0 Å². The van der Waals surface area contributed by atoms with Gasteiger partial charge in [-0.05, 0) is 37.8 Å². The zero-order valence-electron chi connectivity index (χ0n) is 12.3. The van der Waals surface area contributed by atoms with Crippen LogP contribution in [0.2, 0.25) is 0 Å². The molecule has 22 heavy (non-hydrogen) atoms. The number of ether oxygens (including phenoxy) is 1. The molecule has 2 atom stereocenters. The van der Waals surface area contributed by atoms with Crippen molar-refractivity contribution in [3.8, 4) is 5.75 Å². The Labute approximate surface area is 130 Å². The highest BCUT2D eigenvalue weighted by molar-refractivity contribution is 7.86. The van der Waals surface area contributed by atoms with E-state index in [0.29, 0.717) is 12.8 Å². The first kappa shape index (κ1) is 15.6. The molecular formula is C16H18F2O3S. The standard InChI is InChI=1S/C16H18F2O3S/c1-21-14-8-10(7-13(17)15(14)18)16(19)9-5-11-3-2-4-12(6-9)22(11)20/h7-9,11-12H,2-6H2,1H3. The van der Waals surface area contributed by atoms with Gasteiger partial charge < -0.3 is 4.74 Å². The van der Waals surface area contributed by atoms with Crippen molar-refractivity contribution in [2.75, 3.05) is 7.11 Å². The quantitative estimate of drug-likeness (QED) is 0.800. The van der Waals surface area contributed by atoms with Crippen LogP contribution in [0.1, 0.15) is 42.5 Å². The Balaban J connectivity index is 1.85. The van der Waals surface area contributed by atoms with Crippen LogP contribution in [0.3, 0.4) is 0 Å². The second-order valence-corrected chi connectivity index (χ2v) is 8.00. The fourth-order valence-electron chi connectivity index (χ4n) is 3.54. The Hall–Kier alpha value is -1.30. The summed E-state index contributed by atoms with van der Waals surface area (Å²) in [6, 6.07) is 2.18. The lowest BCUT2D eigenvalue weighted by atomic mass is 9.84. The lowest BCUT2D eigenvalue weighted by Crippen LogP contribution is -2.41. The molecule has 0 spiro atoms. The van der Waals surface area contributed by atoms with Crippen molar-refractivity contribution in [3.05, 3.63) is 29.3 Å². The van der Waals surface area contributed by atoms with Crippen LogP contribution >= 0.6 is 0 Å². The molecule has 1 aromatic carbocycles. The fourth-order valence-corrected chi connectivity index (χ4v) is 5.72. The van der Waals surface area contributed by atoms with E-state index in [2.05, 4.69) is 0 Å². The number of rotatable bonds is 3. The molecule has 2 aliphatic rings. The summed E-state index contributed by atoms with van der Waals surface area (Å²) in [6.07, 6.45) is 3.97. The first-order valence-corrected chi connectivity index (χ1v) is 8.75. The molecule has 120 valence electrons. The first-order chi connectivity index (χ1) is 10.5. The number of carbonyl (C=O) groups is 1. The zero-order valence-corrected chi connectivity index (χ0v) is 13.1. The molecule has 2 saturated heterocycles. The van der Waals surface area contributed by atoms with Gasteiger partial charge in [-0.25, -0.2) is 4.39 Å². The van der Waals surface area contributed by atoms with Gasteiger partial charge in [0.15, 0.2) is 17.3 Å². The summed E-state index contributed by atoms with van der Waals surface area (Å²) in [6.45, 7) is 0. The van der Waals surface area contributed by atoms with Gasteiger partial charge in [0.05, 0.1) is 7.11 Å². The Kier molecular flexibility index (Phi) is 4.30. The van der Waals surface area contributed by atoms with Crippen molar-refractivity contribution in [1.29, 1.82) is 0 Å². The number of hydrogen-bond donors (Lipinski definition) is 0. The number of carbonyl (C=O) groups excluding carboxylic acids is 1. The average Bonchev–Trinajstić information content (AvgIpc) is 2.49. The van der Waals surface area contributed by atoms with Crippen molar-refractivity contribution in [3.63, 3.8) is 0 Å². The van der Waals surface area contributed by atoms with Gasteiger partial charge in [0.1, 0.15) is 0 Å². The largest absolute Gasteiger partial charge is 0.494 e. The smallest absolute Gasteiger partial charge is 0.200 e. The highest BCUT2D eigenvalue weighted by Gasteiger charge is 2.40. The van der Waals surface area contributed by atoms with E-state index in [1.807, 2.05) is 0 Å². The minimum absolute atomic E-state index is 0.0636. The fraction of sp³-hybridized carbons (Fsp3) is 0.562. The highest BCUT2D eigenvalue weighted by atomic mass is 32.2. The lowest BCUT2D eigenvalue weighted by Gasteiger charge is -2.37. The number of halogens is 2. The van der Waals surface area contributed by atoms with E-state index in [0.717, 1.165) is 25.3 Å². The number of Topliss-reactive ketones (excluding diaryl/α,β-unsaturated/α-hetero) is 1. The molecule has 2 aliphatic heterocycles. The van der Waals surface area contributed by atoms with Crippen molar-refractivity contribution in [2.24, 2.45) is 5.92 Å². The topological polar surface area (TPSA) is 43.4 Å². The molecule has 3 nitrogen and oxygen atoms in total. The van der Waals surface area contributed by atoms with Gasteiger partial charge in [0.25, 0.3) is 0 Å². The van der Waals surface area contributed by atoms with Gasteiger partial charge in [-0.1, -0.05) is 6.42 Å². The zero-order chi connectivity index (χ0) is 15.9. The third-order valence-electron chi connectivity index (χ3n) is 4.67. The van der Waals surface area contributed by atoms with Crippen LogP contribution in [0.5, 0.6) is 5.75 Å². The van der Waals surface area contributed by atoms with E-state index in [4.69, 9.17) is 4.74 Å². The molecule has 0 aromatic heterocycles. The van der Waals surface area contributed by atoms with Gasteiger partial charge in [0.2, 0.25) is 5.82 Å². The molecule has 0 aliphatic carbocycles. The predicted molar refractivity (Wildman–Crippen MR) is 79.5 cm³/mol. The van der Waals surface area contributed by atoms with E-state index >= 15 is 0 Å². The van der Waals surface area contributed by atoms with Gasteiger partial charge in [-0.3, -0.25) is 9.00 Å². The second-order valence-electron chi connectivity index (χ2n) is 6.01. The van der Waals surface area contributed by atoms with Gasteiger partial charge in [0, 0.05) is 32.8 Å². The van der Waals surface area contributed by atoms with Crippen LogP contribution in [0.4, 0.5) is 8.78 Å². The molecule has 6 heteroatoms. The molecule has 0 saturated carbocycles. The van der Waals surface area contributed by atoms with Gasteiger partial charge in [-0.2, -0.15) is 4.39 Å². The number of fused-ring (bicyclic) bond motifs is 2. The van der Waals surface area contributed by atoms with E-state index < -0.39 is 22.4 Å². The predicted octanol–water partition coefficient (Wildman–Crippen LogP) is 3.24. The molecule has 2 unspecified atom stereocenters. The van der Waals surface area contributed by atoms with Crippen molar-refractivity contribution in [1.82, 2.24) is 0 Å². The Morgan fingerprint density at radius 3 is 2.45 bits per heavy atom. The molecule has 2 heterocycles. The van der Waals surface area contributed by atoms with Gasteiger partial charge >= 0.3 is 0 Å². The summed E-state index contributed by atoms with van der Waals surface area (Å²) in [5.41, 5.74) is 0.131. The van der Waals surface area contributed by atoms with E-state index in [-0.39, 0.29) is 33.5 Å². The monoisotopic (exact) mass is 328 g/mol. The summed E-state index contributed by atoms with van der Waals surface area (Å²) in [4.78, 5) is 12.6. The van der Waals surface area contributed by atoms with Crippen LogP contribution in [0.25, 0.3) is 0 Å². The average molecular weight is 328 g/mol. The van der Waals surface area contributed by atoms with Crippen molar-refractivity contribution < 1.29 is 22.5 Å². The number of hydrogen-bond acceptors (Lipinski definition) is 3. The second kappa shape index (κ2) is 6.07. The normalized spacial score (nSPS) is 30.9. The maximum absolute atomic E-state index is 13.6. The van der Waals surface area contributed by atoms with E-state index in [1.165, 1.54) is 13.2 Å². The van der Waals surface area contributed by atoms with Crippen LogP contribution < -0.4 is 4.74 Å². The lowest BCUT2D eigenvalue weighted by molar-refractivity contribution is 0.0894. The molecule has 2 fully saturated rings. The summed E-state index contributed by atoms with van der Waals surface area (Å²) < 4.78 is 44.0. The minimum atomic E-state index is -1.08. The third kappa shape index (κ3) is 2.69. The number of methoxy groups -OCH3 is 1. The molecule has 1 aromatic rings. The first-order valence-electron chi connectivity index (χ1n) is 7.48. The number of ketones is 1. The number of benzene rings is 1. The maximum Gasteiger partial charge on any atom is 0.200 e. The summed E-state index contributed by atoms with van der Waals surface area (Å²) in [5.74, 6) is -2.89. The molecule has 3 rings (SSSR count). The van der Waals surface area contributed by atoms with Crippen LogP contribution in [0.15, 0.2) is 12.1 Å². The molecule has 2 bridgehead atoms. The summed E-state index contributed by atoms with van der Waals surface area (Å²) in [7, 11) is 0.382. The SMILES string of the molecule is COc1cc(C(=O)C2CC3CCCC(C2)S3=O)cc(F)c1F. The third-order valence-corrected chi connectivity index (χ3v) is 6.84. The summed E-state index contributed by atoms with van der Waals surface area (Å²) >= 11 is 0. The van der Waals surface area contributed by atoms with Crippen molar-refractivity contribution in [2.45, 2.75) is 42.6 Å². The minimum Gasteiger partial charge on any atom is -0.494 e. The summed E-state index contributed by atoms with van der Waals surface area (Å²) in [5, 5.41) is 0.127. The Bertz CT molecular complexity index is 616. The Morgan fingerprint density at radius 2 is 1.86 bits per heavy atom. The van der Waals surface area contributed by atoms with Crippen LogP contribution in [-0.2, 0) is 10.8 Å². The van der Waals surface area contributed by atoms with Crippen molar-refractivity contribution >= 4 is 16.6 Å². The van der Waals surface area contributed by atoms with E-state index in [9.17, 15) is 17.8 Å². The van der Waals surface area contributed by atoms with E-state index in [1.54, 1.807) is 0 Å². The molecule has 0 N–H and O–H groups in total. The Morgan fingerprint density at radius 1 is 1.23 bits per heavy atom. The molecular weight excluding hydrogens is 310 g/mol.